The molecule has 0 unspecified atom stereocenters. The van der Waals surface area contributed by atoms with Crippen molar-refractivity contribution >= 4 is 58.5 Å². The number of alkyl halides is 3. The minimum atomic E-state index is -4.63. The van der Waals surface area contributed by atoms with Crippen LogP contribution in [0.3, 0.4) is 0 Å². The van der Waals surface area contributed by atoms with Crippen LogP contribution < -0.4 is 10.7 Å². The van der Waals surface area contributed by atoms with Gasteiger partial charge in [0.2, 0.25) is 0 Å². The third-order valence-corrected chi connectivity index (χ3v) is 4.26. The molecular weight excluding hydrogens is 430 g/mol. The van der Waals surface area contributed by atoms with E-state index in [1.165, 1.54) is 0 Å². The van der Waals surface area contributed by atoms with E-state index in [9.17, 15) is 22.8 Å². The Hall–Kier alpha value is -2.29. The topological polar surface area (TPSA) is 70.6 Å². The largest absolute Gasteiger partial charge is 0.416 e. The molecule has 142 valence electrons. The molecule has 2 N–H and O–H groups in total. The Bertz CT molecular complexity index is 918. The van der Waals surface area contributed by atoms with Gasteiger partial charge in [0, 0.05) is 5.56 Å². The van der Waals surface area contributed by atoms with Gasteiger partial charge < -0.3 is 5.32 Å². The van der Waals surface area contributed by atoms with E-state index in [1.807, 2.05) is 10.7 Å². The maximum Gasteiger partial charge on any atom is 0.416 e. The SMILES string of the molecule is O=C(N/N=C/c1cccc(Cl)c1Cl)C(=O)Nc1cc(C(F)(F)F)ccc1Cl. The zero-order chi connectivity index (χ0) is 20.2. The molecule has 27 heavy (non-hydrogen) atoms. The highest BCUT2D eigenvalue weighted by atomic mass is 35.5. The van der Waals surface area contributed by atoms with Crippen molar-refractivity contribution < 1.29 is 22.8 Å². The number of rotatable bonds is 3. The van der Waals surface area contributed by atoms with Crippen LogP contribution in [0, 0.1) is 0 Å². The van der Waals surface area contributed by atoms with Crippen LogP contribution in [0.15, 0.2) is 41.5 Å². The summed E-state index contributed by atoms with van der Waals surface area (Å²) in [7, 11) is 0. The fourth-order valence-electron chi connectivity index (χ4n) is 1.81. The minimum Gasteiger partial charge on any atom is -0.316 e. The van der Waals surface area contributed by atoms with Crippen molar-refractivity contribution in [1.82, 2.24) is 5.43 Å². The average molecular weight is 439 g/mol. The zero-order valence-corrected chi connectivity index (χ0v) is 15.3. The molecule has 0 radical (unpaired) electrons. The molecule has 2 aromatic carbocycles. The third kappa shape index (κ3) is 5.59. The summed E-state index contributed by atoms with van der Waals surface area (Å²) in [6, 6.07) is 7.02. The van der Waals surface area contributed by atoms with Crippen LogP contribution in [0.4, 0.5) is 18.9 Å². The van der Waals surface area contributed by atoms with Gasteiger partial charge in [-0.2, -0.15) is 18.3 Å². The number of halogens is 6. The van der Waals surface area contributed by atoms with Gasteiger partial charge in [-0.3, -0.25) is 9.59 Å². The fraction of sp³-hybridized carbons (Fsp3) is 0.0625. The summed E-state index contributed by atoms with van der Waals surface area (Å²) in [5.41, 5.74) is 0.896. The molecule has 2 amide bonds. The van der Waals surface area contributed by atoms with Crippen LogP contribution in [-0.4, -0.2) is 18.0 Å². The first-order chi connectivity index (χ1) is 12.6. The molecule has 0 saturated heterocycles. The molecule has 0 atom stereocenters. The number of carbonyl (C=O) groups excluding carboxylic acids is 2. The first-order valence-electron chi connectivity index (χ1n) is 7.04. The van der Waals surface area contributed by atoms with Crippen LogP contribution >= 0.6 is 34.8 Å². The van der Waals surface area contributed by atoms with Gasteiger partial charge in [0.05, 0.1) is 32.5 Å². The summed E-state index contributed by atoms with van der Waals surface area (Å²) >= 11 is 17.5. The van der Waals surface area contributed by atoms with Crippen molar-refractivity contribution in [2.75, 3.05) is 5.32 Å². The van der Waals surface area contributed by atoms with Gasteiger partial charge in [0.15, 0.2) is 0 Å². The number of nitrogens with one attached hydrogen (secondary N) is 2. The third-order valence-electron chi connectivity index (χ3n) is 3.10. The van der Waals surface area contributed by atoms with Gasteiger partial charge in [0.25, 0.3) is 0 Å². The Kier molecular flexibility index (Phi) is 6.69. The molecule has 0 heterocycles. The van der Waals surface area contributed by atoms with E-state index in [-0.39, 0.29) is 20.8 Å². The molecule has 0 aliphatic rings. The summed E-state index contributed by atoms with van der Waals surface area (Å²) in [5, 5.41) is 5.82. The molecule has 2 rings (SSSR count). The number of nitrogens with zero attached hydrogens (tertiary/aromatic N) is 1. The monoisotopic (exact) mass is 437 g/mol. The van der Waals surface area contributed by atoms with E-state index in [0.29, 0.717) is 11.6 Å². The summed E-state index contributed by atoms with van der Waals surface area (Å²) in [5.74, 6) is -2.48. The Morgan fingerprint density at radius 2 is 1.70 bits per heavy atom. The van der Waals surface area contributed by atoms with E-state index in [1.54, 1.807) is 18.2 Å². The number of benzene rings is 2. The number of amides is 2. The lowest BCUT2D eigenvalue weighted by atomic mass is 10.2. The van der Waals surface area contributed by atoms with Crippen molar-refractivity contribution in [2.24, 2.45) is 5.10 Å². The highest BCUT2D eigenvalue weighted by molar-refractivity contribution is 6.43. The van der Waals surface area contributed by atoms with E-state index in [0.717, 1.165) is 18.3 Å². The van der Waals surface area contributed by atoms with Crippen LogP contribution in [0.5, 0.6) is 0 Å². The predicted molar refractivity (Wildman–Crippen MR) is 97.3 cm³/mol. The second-order valence-corrected chi connectivity index (χ2v) is 6.18. The van der Waals surface area contributed by atoms with Crippen LogP contribution in [0.1, 0.15) is 11.1 Å². The number of anilines is 1. The van der Waals surface area contributed by atoms with Gasteiger partial charge in [-0.15, -0.1) is 0 Å². The van der Waals surface area contributed by atoms with Gasteiger partial charge in [0.1, 0.15) is 0 Å². The Labute approximate surface area is 166 Å². The standard InChI is InChI=1S/C16H9Cl3F3N3O2/c17-10-5-4-9(16(20,21)22)6-12(10)24-14(26)15(27)25-23-7-8-2-1-3-11(18)13(8)19/h1-7H,(H,24,26)(H,25,27)/b23-7+. The Balaban J connectivity index is 2.05. The molecule has 0 aliphatic carbocycles. The van der Waals surface area contributed by atoms with Crippen molar-refractivity contribution in [3.63, 3.8) is 0 Å². The Morgan fingerprint density at radius 3 is 2.37 bits per heavy atom. The molecular formula is C16H9Cl3F3N3O2. The van der Waals surface area contributed by atoms with Crippen molar-refractivity contribution in [1.29, 1.82) is 0 Å². The van der Waals surface area contributed by atoms with Crippen LogP contribution in [0.25, 0.3) is 0 Å². The highest BCUT2D eigenvalue weighted by Gasteiger charge is 2.31. The summed E-state index contributed by atoms with van der Waals surface area (Å²) in [6.45, 7) is 0. The van der Waals surface area contributed by atoms with Crippen molar-refractivity contribution in [3.8, 4) is 0 Å². The zero-order valence-electron chi connectivity index (χ0n) is 13.1. The molecule has 5 nitrogen and oxygen atoms in total. The van der Waals surface area contributed by atoms with E-state index in [2.05, 4.69) is 5.10 Å². The lowest BCUT2D eigenvalue weighted by molar-refractivity contribution is -0.137. The number of hydrogen-bond donors (Lipinski definition) is 2. The highest BCUT2D eigenvalue weighted by Crippen LogP contribution is 2.33. The molecule has 0 aromatic heterocycles. The lowest BCUT2D eigenvalue weighted by Crippen LogP contribution is -2.32. The maximum atomic E-state index is 12.7. The van der Waals surface area contributed by atoms with Gasteiger partial charge in [-0.1, -0.05) is 46.9 Å². The maximum absolute atomic E-state index is 12.7. The molecule has 0 aliphatic heterocycles. The molecule has 0 spiro atoms. The van der Waals surface area contributed by atoms with E-state index >= 15 is 0 Å². The van der Waals surface area contributed by atoms with E-state index < -0.39 is 23.6 Å². The van der Waals surface area contributed by atoms with Gasteiger partial charge >= 0.3 is 18.0 Å². The van der Waals surface area contributed by atoms with Gasteiger partial charge in [-0.25, -0.2) is 5.43 Å². The first-order valence-corrected chi connectivity index (χ1v) is 8.18. The molecule has 2 aromatic rings. The predicted octanol–water partition coefficient (Wildman–Crippen LogP) is 4.75. The smallest absolute Gasteiger partial charge is 0.316 e. The molecule has 11 heteroatoms. The van der Waals surface area contributed by atoms with Gasteiger partial charge in [-0.05, 0) is 24.3 Å². The molecule has 0 bridgehead atoms. The van der Waals surface area contributed by atoms with Crippen LogP contribution in [0.2, 0.25) is 15.1 Å². The Morgan fingerprint density at radius 1 is 1.00 bits per heavy atom. The summed E-state index contributed by atoms with van der Waals surface area (Å²) < 4.78 is 38.1. The number of hydrogen-bond acceptors (Lipinski definition) is 3. The first kappa shape index (κ1) is 21.0. The lowest BCUT2D eigenvalue weighted by Gasteiger charge is -2.11. The quantitative estimate of drug-likeness (QED) is 0.412. The minimum absolute atomic E-state index is 0.168. The van der Waals surface area contributed by atoms with Crippen LogP contribution in [-0.2, 0) is 15.8 Å². The second-order valence-electron chi connectivity index (χ2n) is 4.99. The van der Waals surface area contributed by atoms with Crippen molar-refractivity contribution in [3.05, 3.63) is 62.6 Å². The normalized spacial score (nSPS) is 11.5. The average Bonchev–Trinajstić information content (AvgIpc) is 2.59. The molecule has 0 fully saturated rings. The number of carbonyl (C=O) groups is 2. The summed E-state index contributed by atoms with van der Waals surface area (Å²) in [6.07, 6.45) is -3.48. The second kappa shape index (κ2) is 8.60. The van der Waals surface area contributed by atoms with E-state index in [4.69, 9.17) is 34.8 Å². The van der Waals surface area contributed by atoms with Crippen molar-refractivity contribution in [2.45, 2.75) is 6.18 Å². The number of hydrazone groups is 1. The summed E-state index contributed by atoms with van der Waals surface area (Å²) in [4.78, 5) is 23.5. The molecule has 0 saturated carbocycles. The fourth-order valence-corrected chi connectivity index (χ4v) is 2.33.